The molecule has 2 aliphatic heterocycles. The van der Waals surface area contributed by atoms with Crippen molar-refractivity contribution in [2.75, 3.05) is 6.54 Å². The second-order valence-electron chi connectivity index (χ2n) is 7.00. The fraction of sp³-hybridized carbons (Fsp3) is 0.875. The Hall–Kier alpha value is -1.26. The van der Waals surface area contributed by atoms with E-state index in [4.69, 9.17) is 5.11 Å². The molecule has 0 radical (unpaired) electrons. The summed E-state index contributed by atoms with van der Waals surface area (Å²) in [5, 5.41) is 12.0. The molecule has 2 rings (SSSR count). The third-order valence-corrected chi connectivity index (χ3v) is 4.76. The van der Waals surface area contributed by atoms with Crippen molar-refractivity contribution in [3.8, 4) is 0 Å². The summed E-state index contributed by atoms with van der Waals surface area (Å²) >= 11 is 0. The van der Waals surface area contributed by atoms with E-state index in [0.29, 0.717) is 5.92 Å². The number of carboxylic acids is 1. The lowest BCUT2D eigenvalue weighted by Crippen LogP contribution is -2.51. The molecular weight excluding hydrogens is 268 g/mol. The van der Waals surface area contributed by atoms with Gasteiger partial charge in [-0.2, -0.15) is 0 Å². The van der Waals surface area contributed by atoms with Crippen LogP contribution in [0.4, 0.5) is 4.79 Å². The molecule has 2 fully saturated rings. The first-order chi connectivity index (χ1) is 9.97. The number of amides is 2. The van der Waals surface area contributed by atoms with Crippen LogP contribution in [0.5, 0.6) is 0 Å². The average Bonchev–Trinajstić information content (AvgIpc) is 2.65. The Morgan fingerprint density at radius 3 is 2.38 bits per heavy atom. The van der Waals surface area contributed by atoms with Gasteiger partial charge in [0.15, 0.2) is 0 Å². The maximum atomic E-state index is 12.3. The zero-order valence-electron chi connectivity index (χ0n) is 13.2. The molecule has 0 saturated carbocycles. The lowest BCUT2D eigenvalue weighted by molar-refractivity contribution is -0.138. The summed E-state index contributed by atoms with van der Waals surface area (Å²) in [4.78, 5) is 25.2. The van der Waals surface area contributed by atoms with E-state index in [1.165, 1.54) is 0 Å². The van der Waals surface area contributed by atoms with Gasteiger partial charge >= 0.3 is 12.0 Å². The number of fused-ring (bicyclic) bond motifs is 2. The van der Waals surface area contributed by atoms with Crippen LogP contribution in [0, 0.1) is 11.8 Å². The van der Waals surface area contributed by atoms with Gasteiger partial charge in [-0.3, -0.25) is 4.79 Å². The molecule has 2 amide bonds. The van der Waals surface area contributed by atoms with Crippen LogP contribution in [0.2, 0.25) is 0 Å². The van der Waals surface area contributed by atoms with Gasteiger partial charge in [-0.25, -0.2) is 4.79 Å². The summed E-state index contributed by atoms with van der Waals surface area (Å²) < 4.78 is 0. The predicted molar refractivity (Wildman–Crippen MR) is 81.1 cm³/mol. The Morgan fingerprint density at radius 2 is 1.86 bits per heavy atom. The molecule has 5 nitrogen and oxygen atoms in total. The Kier molecular flexibility index (Phi) is 5.48. The van der Waals surface area contributed by atoms with Gasteiger partial charge in [-0.15, -0.1) is 0 Å². The standard InChI is InChI=1S/C16H28N2O3/c1-11(2)4-3-7-17-16(21)18-13-5-6-14(18)9-12(8-13)10-15(19)20/h11-14H,3-10H2,1-2H3,(H,17,21)(H,19,20). The maximum absolute atomic E-state index is 12.3. The highest BCUT2D eigenvalue weighted by Crippen LogP contribution is 2.39. The molecule has 0 aromatic carbocycles. The van der Waals surface area contributed by atoms with Gasteiger partial charge in [0, 0.05) is 25.0 Å². The smallest absolute Gasteiger partial charge is 0.317 e. The molecule has 0 aliphatic carbocycles. The summed E-state index contributed by atoms with van der Waals surface area (Å²) in [5.41, 5.74) is 0. The highest BCUT2D eigenvalue weighted by atomic mass is 16.4. The zero-order valence-corrected chi connectivity index (χ0v) is 13.2. The van der Waals surface area contributed by atoms with Crippen LogP contribution in [-0.2, 0) is 4.79 Å². The second kappa shape index (κ2) is 7.14. The van der Waals surface area contributed by atoms with Gasteiger partial charge in [-0.05, 0) is 50.4 Å². The Labute approximate surface area is 127 Å². The third kappa shape index (κ3) is 4.35. The van der Waals surface area contributed by atoms with Crippen molar-refractivity contribution >= 4 is 12.0 Å². The topological polar surface area (TPSA) is 69.6 Å². The van der Waals surface area contributed by atoms with Crippen molar-refractivity contribution in [3.05, 3.63) is 0 Å². The number of nitrogens with zero attached hydrogens (tertiary/aromatic N) is 1. The molecule has 2 unspecified atom stereocenters. The van der Waals surface area contributed by atoms with Crippen molar-refractivity contribution in [3.63, 3.8) is 0 Å². The molecule has 2 atom stereocenters. The molecular formula is C16H28N2O3. The highest BCUT2D eigenvalue weighted by Gasteiger charge is 2.43. The number of carboxylic acid groups (broad SMARTS) is 1. The first-order valence-corrected chi connectivity index (χ1v) is 8.25. The van der Waals surface area contributed by atoms with Gasteiger partial charge in [0.05, 0.1) is 0 Å². The molecule has 21 heavy (non-hydrogen) atoms. The number of urea groups is 1. The molecule has 2 saturated heterocycles. The van der Waals surface area contributed by atoms with Gasteiger partial charge in [0.1, 0.15) is 0 Å². The third-order valence-electron chi connectivity index (χ3n) is 4.76. The van der Waals surface area contributed by atoms with E-state index in [0.717, 1.165) is 45.1 Å². The molecule has 2 N–H and O–H groups in total. The van der Waals surface area contributed by atoms with Crippen LogP contribution in [0.1, 0.15) is 58.8 Å². The van der Waals surface area contributed by atoms with E-state index in [1.807, 2.05) is 4.90 Å². The SMILES string of the molecule is CC(C)CCCNC(=O)N1C2CCC1CC(CC(=O)O)C2. The summed E-state index contributed by atoms with van der Waals surface area (Å²) in [6.07, 6.45) is 6.16. The summed E-state index contributed by atoms with van der Waals surface area (Å²) in [5.74, 6) is 0.195. The number of carbonyl (C=O) groups excluding carboxylic acids is 1. The van der Waals surface area contributed by atoms with E-state index < -0.39 is 5.97 Å². The summed E-state index contributed by atoms with van der Waals surface area (Å²) in [6.45, 7) is 5.12. The number of hydrogen-bond acceptors (Lipinski definition) is 2. The Bertz CT molecular complexity index is 370. The lowest BCUT2D eigenvalue weighted by Gasteiger charge is -2.38. The van der Waals surface area contributed by atoms with Crippen LogP contribution in [0.25, 0.3) is 0 Å². The van der Waals surface area contributed by atoms with Crippen molar-refractivity contribution in [2.45, 2.75) is 70.9 Å². The number of rotatable bonds is 6. The summed E-state index contributed by atoms with van der Waals surface area (Å²) in [6, 6.07) is 0.552. The molecule has 120 valence electrons. The van der Waals surface area contributed by atoms with Crippen LogP contribution in [0.3, 0.4) is 0 Å². The quantitative estimate of drug-likeness (QED) is 0.740. The average molecular weight is 296 g/mol. The van der Waals surface area contributed by atoms with Crippen LogP contribution < -0.4 is 5.32 Å². The predicted octanol–water partition coefficient (Wildman–Crippen LogP) is 2.85. The normalized spacial score (nSPS) is 28.0. The maximum Gasteiger partial charge on any atom is 0.317 e. The fourth-order valence-electron chi connectivity index (χ4n) is 3.83. The van der Waals surface area contributed by atoms with E-state index in [2.05, 4.69) is 19.2 Å². The van der Waals surface area contributed by atoms with Crippen LogP contribution in [-0.4, -0.2) is 40.6 Å². The first kappa shape index (κ1) is 16.1. The fourth-order valence-corrected chi connectivity index (χ4v) is 3.83. The number of hydrogen-bond donors (Lipinski definition) is 2. The molecule has 2 bridgehead atoms. The largest absolute Gasteiger partial charge is 0.481 e. The Balaban J connectivity index is 1.79. The van der Waals surface area contributed by atoms with Crippen molar-refractivity contribution in [2.24, 2.45) is 11.8 Å². The van der Waals surface area contributed by atoms with E-state index in [-0.39, 0.29) is 30.5 Å². The zero-order chi connectivity index (χ0) is 15.4. The van der Waals surface area contributed by atoms with Gasteiger partial charge in [0.2, 0.25) is 0 Å². The molecule has 2 heterocycles. The second-order valence-corrected chi connectivity index (χ2v) is 7.00. The van der Waals surface area contributed by atoms with Gasteiger partial charge in [0.25, 0.3) is 0 Å². The molecule has 2 aliphatic rings. The van der Waals surface area contributed by atoms with Crippen molar-refractivity contribution < 1.29 is 14.7 Å². The van der Waals surface area contributed by atoms with Crippen molar-refractivity contribution in [1.82, 2.24) is 10.2 Å². The monoisotopic (exact) mass is 296 g/mol. The van der Waals surface area contributed by atoms with E-state index >= 15 is 0 Å². The van der Waals surface area contributed by atoms with E-state index in [1.54, 1.807) is 0 Å². The minimum absolute atomic E-state index is 0.0556. The number of piperidine rings is 1. The number of carbonyl (C=O) groups is 2. The minimum atomic E-state index is -0.717. The molecule has 0 spiro atoms. The van der Waals surface area contributed by atoms with Gasteiger partial charge in [-0.1, -0.05) is 13.8 Å². The summed E-state index contributed by atoms with van der Waals surface area (Å²) in [7, 11) is 0. The minimum Gasteiger partial charge on any atom is -0.481 e. The highest BCUT2D eigenvalue weighted by molar-refractivity contribution is 5.75. The van der Waals surface area contributed by atoms with Crippen LogP contribution in [0.15, 0.2) is 0 Å². The van der Waals surface area contributed by atoms with Gasteiger partial charge < -0.3 is 15.3 Å². The molecule has 0 aromatic heterocycles. The van der Waals surface area contributed by atoms with Crippen LogP contribution >= 0.6 is 0 Å². The first-order valence-electron chi connectivity index (χ1n) is 8.25. The van der Waals surface area contributed by atoms with Crippen molar-refractivity contribution in [1.29, 1.82) is 0 Å². The molecule has 5 heteroatoms. The Morgan fingerprint density at radius 1 is 1.24 bits per heavy atom. The van der Waals surface area contributed by atoms with E-state index in [9.17, 15) is 9.59 Å². The number of nitrogens with one attached hydrogen (secondary N) is 1. The lowest BCUT2D eigenvalue weighted by atomic mass is 9.88. The molecule has 0 aromatic rings. The number of aliphatic carboxylic acids is 1.